The van der Waals surface area contributed by atoms with E-state index in [4.69, 9.17) is 15.7 Å². The highest BCUT2D eigenvalue weighted by molar-refractivity contribution is 5.95. The van der Waals surface area contributed by atoms with Crippen molar-refractivity contribution in [3.8, 4) is 11.5 Å². The summed E-state index contributed by atoms with van der Waals surface area (Å²) in [6.07, 6.45) is 0. The Morgan fingerprint density at radius 1 is 1.53 bits per heavy atom. The molecule has 0 saturated carbocycles. The molecule has 0 aliphatic rings. The zero-order valence-electron chi connectivity index (χ0n) is 8.97. The number of nitrogens with two attached hydrogens (primary N) is 1. The molecule has 0 aliphatic carbocycles. The molecular weight excluding hydrogens is 228 g/mol. The van der Waals surface area contributed by atoms with E-state index < -0.39 is 5.91 Å². The van der Waals surface area contributed by atoms with Gasteiger partial charge < -0.3 is 15.6 Å². The lowest BCUT2D eigenvalue weighted by Gasteiger charge is -2.05. The fraction of sp³-hybridized carbons (Fsp3) is 0.111. The first-order chi connectivity index (χ1) is 8.08. The fourth-order valence-electron chi connectivity index (χ4n) is 1.02. The Bertz CT molecular complexity index is 447. The number of aromatic hydroxyl groups is 1. The number of carbonyl (C=O) groups is 1. The molecule has 8 heteroatoms. The zero-order valence-corrected chi connectivity index (χ0v) is 8.97. The van der Waals surface area contributed by atoms with Crippen LogP contribution in [-0.2, 0) is 0 Å². The number of rotatable bonds is 3. The number of nitrogens with one attached hydrogen (secondary N) is 2. The lowest BCUT2D eigenvalue weighted by Crippen LogP contribution is -2.32. The Morgan fingerprint density at radius 2 is 2.24 bits per heavy atom. The molecular formula is C9H12N4O4. The molecule has 92 valence electrons. The summed E-state index contributed by atoms with van der Waals surface area (Å²) in [4.78, 5) is 11.5. The highest BCUT2D eigenvalue weighted by Crippen LogP contribution is 2.26. The predicted molar refractivity (Wildman–Crippen MR) is 58.7 cm³/mol. The summed E-state index contributed by atoms with van der Waals surface area (Å²) in [6, 6.07) is 4.03. The summed E-state index contributed by atoms with van der Waals surface area (Å²) < 4.78 is 4.84. The average molecular weight is 240 g/mol. The van der Waals surface area contributed by atoms with Crippen LogP contribution < -0.4 is 21.4 Å². The number of ether oxygens (including phenoxy) is 1. The van der Waals surface area contributed by atoms with E-state index in [0.717, 1.165) is 0 Å². The lowest BCUT2D eigenvalue weighted by atomic mass is 10.2. The van der Waals surface area contributed by atoms with Crippen LogP contribution in [0.1, 0.15) is 10.4 Å². The van der Waals surface area contributed by atoms with Crippen LogP contribution in [0, 0.1) is 0 Å². The number of phenols is 1. The van der Waals surface area contributed by atoms with Crippen molar-refractivity contribution >= 4 is 11.9 Å². The Kier molecular flexibility index (Phi) is 4.12. The maximum absolute atomic E-state index is 11.5. The van der Waals surface area contributed by atoms with Gasteiger partial charge in [0.15, 0.2) is 11.5 Å². The number of hydrogen-bond donors (Lipinski definition) is 5. The van der Waals surface area contributed by atoms with E-state index in [1.165, 1.54) is 25.3 Å². The molecule has 0 heterocycles. The molecule has 0 bridgehead atoms. The Balaban J connectivity index is 2.83. The molecule has 0 unspecified atom stereocenters. The minimum atomic E-state index is -0.568. The molecule has 1 rings (SSSR count). The van der Waals surface area contributed by atoms with Gasteiger partial charge in [-0.1, -0.05) is 0 Å². The van der Waals surface area contributed by atoms with Crippen LogP contribution in [0.15, 0.2) is 23.3 Å². The molecule has 0 aromatic heterocycles. The first-order valence-electron chi connectivity index (χ1n) is 4.49. The standard InChI is InChI=1S/C9H12N4O4/c1-17-7-4-5(2-3-6(7)14)8(15)11-12-9(10)13-16/h2-4,14,16H,1H3,(H,11,15)(H3,10,12,13). The molecule has 0 spiro atoms. The zero-order chi connectivity index (χ0) is 12.8. The molecule has 1 aromatic carbocycles. The van der Waals surface area contributed by atoms with Gasteiger partial charge in [-0.25, -0.2) is 10.9 Å². The molecule has 0 aliphatic heterocycles. The quantitative estimate of drug-likeness (QED) is 0.271. The normalized spacial score (nSPS) is 10.8. The summed E-state index contributed by atoms with van der Waals surface area (Å²) >= 11 is 0. The number of phenolic OH excluding ortho intramolecular Hbond substituents is 1. The topological polar surface area (TPSA) is 129 Å². The van der Waals surface area contributed by atoms with Gasteiger partial charge in [0.05, 0.1) is 7.11 Å². The van der Waals surface area contributed by atoms with E-state index in [2.05, 4.69) is 10.5 Å². The smallest absolute Gasteiger partial charge is 0.271 e. The van der Waals surface area contributed by atoms with Gasteiger partial charge in [-0.05, 0) is 18.2 Å². The number of hydroxylamine groups is 1. The molecule has 1 aromatic rings. The van der Waals surface area contributed by atoms with Crippen molar-refractivity contribution in [1.29, 1.82) is 0 Å². The van der Waals surface area contributed by atoms with Crippen molar-refractivity contribution in [2.24, 2.45) is 10.8 Å². The third-order valence-corrected chi connectivity index (χ3v) is 1.83. The van der Waals surface area contributed by atoms with Crippen LogP contribution in [-0.4, -0.2) is 29.3 Å². The summed E-state index contributed by atoms with van der Waals surface area (Å²) in [5.74, 6) is -0.843. The minimum absolute atomic E-state index is 0.0795. The van der Waals surface area contributed by atoms with Crippen LogP contribution in [0.5, 0.6) is 11.5 Å². The van der Waals surface area contributed by atoms with E-state index in [-0.39, 0.29) is 23.0 Å². The number of amides is 1. The number of nitrogens with zero attached hydrogens (tertiary/aromatic N) is 1. The van der Waals surface area contributed by atoms with Crippen molar-refractivity contribution in [3.63, 3.8) is 0 Å². The molecule has 0 saturated heterocycles. The van der Waals surface area contributed by atoms with Crippen LogP contribution in [0.2, 0.25) is 0 Å². The monoisotopic (exact) mass is 240 g/mol. The van der Waals surface area contributed by atoms with Gasteiger partial charge in [0.1, 0.15) is 0 Å². The van der Waals surface area contributed by atoms with E-state index >= 15 is 0 Å². The summed E-state index contributed by atoms with van der Waals surface area (Å²) in [6.45, 7) is 0. The Morgan fingerprint density at radius 3 is 2.82 bits per heavy atom. The largest absolute Gasteiger partial charge is 0.504 e. The number of hydrogen-bond acceptors (Lipinski definition) is 5. The van der Waals surface area contributed by atoms with Crippen molar-refractivity contribution in [2.45, 2.75) is 0 Å². The van der Waals surface area contributed by atoms with E-state index in [9.17, 15) is 9.90 Å². The van der Waals surface area contributed by atoms with Crippen LogP contribution in [0.4, 0.5) is 0 Å². The van der Waals surface area contributed by atoms with E-state index in [0.29, 0.717) is 0 Å². The SMILES string of the molecule is COc1cc(C(=O)NN=C(N)NO)ccc1O. The number of carbonyl (C=O) groups excluding carboxylic acids is 1. The Hall–Kier alpha value is -2.48. The third-order valence-electron chi connectivity index (χ3n) is 1.83. The summed E-state index contributed by atoms with van der Waals surface area (Å²) in [5, 5.41) is 21.0. The van der Waals surface area contributed by atoms with Gasteiger partial charge in [0.25, 0.3) is 5.91 Å². The lowest BCUT2D eigenvalue weighted by molar-refractivity contribution is 0.0953. The molecule has 1 amide bonds. The van der Waals surface area contributed by atoms with Crippen molar-refractivity contribution in [2.75, 3.05) is 7.11 Å². The van der Waals surface area contributed by atoms with Gasteiger partial charge in [-0.3, -0.25) is 10.0 Å². The highest BCUT2D eigenvalue weighted by Gasteiger charge is 2.09. The second-order valence-electron chi connectivity index (χ2n) is 2.94. The van der Waals surface area contributed by atoms with Crippen molar-refractivity contribution < 1.29 is 19.8 Å². The van der Waals surface area contributed by atoms with Gasteiger partial charge >= 0.3 is 0 Å². The number of guanidine groups is 1. The minimum Gasteiger partial charge on any atom is -0.504 e. The Labute approximate surface area is 96.6 Å². The number of benzene rings is 1. The van der Waals surface area contributed by atoms with E-state index in [1.54, 1.807) is 5.48 Å². The maximum Gasteiger partial charge on any atom is 0.271 e. The van der Waals surface area contributed by atoms with Crippen LogP contribution in [0.25, 0.3) is 0 Å². The molecule has 0 fully saturated rings. The van der Waals surface area contributed by atoms with Crippen molar-refractivity contribution in [1.82, 2.24) is 10.9 Å². The van der Waals surface area contributed by atoms with Crippen LogP contribution >= 0.6 is 0 Å². The highest BCUT2D eigenvalue weighted by atomic mass is 16.5. The molecule has 0 atom stereocenters. The third kappa shape index (κ3) is 3.24. The van der Waals surface area contributed by atoms with Gasteiger partial charge in [0, 0.05) is 5.56 Å². The van der Waals surface area contributed by atoms with Gasteiger partial charge in [0.2, 0.25) is 5.96 Å². The number of hydrazone groups is 1. The molecule has 8 nitrogen and oxygen atoms in total. The first-order valence-corrected chi connectivity index (χ1v) is 4.49. The van der Waals surface area contributed by atoms with Gasteiger partial charge in [-0.15, -0.1) is 5.10 Å². The average Bonchev–Trinajstić information content (AvgIpc) is 2.35. The molecule has 17 heavy (non-hydrogen) atoms. The summed E-state index contributed by atoms with van der Waals surface area (Å²) in [7, 11) is 1.36. The molecule has 6 N–H and O–H groups in total. The second kappa shape index (κ2) is 5.56. The predicted octanol–water partition coefficient (Wildman–Crippen LogP) is -0.661. The van der Waals surface area contributed by atoms with Crippen molar-refractivity contribution in [3.05, 3.63) is 23.8 Å². The first kappa shape index (κ1) is 12.6. The van der Waals surface area contributed by atoms with E-state index in [1.807, 2.05) is 0 Å². The van der Waals surface area contributed by atoms with Gasteiger partial charge in [-0.2, -0.15) is 0 Å². The summed E-state index contributed by atoms with van der Waals surface area (Å²) in [5.41, 5.74) is 8.94. The van der Waals surface area contributed by atoms with Crippen LogP contribution in [0.3, 0.4) is 0 Å². The second-order valence-corrected chi connectivity index (χ2v) is 2.94. The maximum atomic E-state index is 11.5. The fourth-order valence-corrected chi connectivity index (χ4v) is 1.02. The molecule has 0 radical (unpaired) electrons. The number of methoxy groups -OCH3 is 1.